The summed E-state index contributed by atoms with van der Waals surface area (Å²) in [5, 5.41) is 2.86. The lowest BCUT2D eigenvalue weighted by Gasteiger charge is -2.24. The highest BCUT2D eigenvalue weighted by atomic mass is 32.2. The predicted octanol–water partition coefficient (Wildman–Crippen LogP) is 1.73. The Morgan fingerprint density at radius 3 is 2.44 bits per heavy atom. The molecule has 0 amide bonds. The lowest BCUT2D eigenvalue weighted by molar-refractivity contribution is 0.427. The number of anilines is 1. The summed E-state index contributed by atoms with van der Waals surface area (Å²) in [6, 6.07) is 3.23. The molecular weight excluding hydrogens is 250 g/mol. The molecule has 0 atom stereocenters. The van der Waals surface area contributed by atoms with E-state index in [1.165, 1.54) is 6.20 Å². The quantitative estimate of drug-likeness (QED) is 0.873. The van der Waals surface area contributed by atoms with E-state index in [1.54, 1.807) is 19.2 Å². The summed E-state index contributed by atoms with van der Waals surface area (Å²) in [6.07, 6.45) is 5.33. The van der Waals surface area contributed by atoms with Crippen molar-refractivity contribution in [3.63, 3.8) is 0 Å². The smallest absolute Gasteiger partial charge is 0.242 e. The molecule has 0 spiro atoms. The van der Waals surface area contributed by atoms with Crippen LogP contribution in [0.5, 0.6) is 0 Å². The van der Waals surface area contributed by atoms with E-state index in [2.05, 4.69) is 15.0 Å². The van der Waals surface area contributed by atoms with Crippen LogP contribution in [0.1, 0.15) is 32.6 Å². The molecule has 0 saturated heterocycles. The fourth-order valence-corrected chi connectivity index (χ4v) is 3.74. The van der Waals surface area contributed by atoms with Crippen molar-refractivity contribution in [3.8, 4) is 0 Å². The third kappa shape index (κ3) is 2.81. The first-order valence-corrected chi connectivity index (χ1v) is 7.61. The molecule has 1 aromatic rings. The third-order valence-electron chi connectivity index (χ3n) is 3.39. The normalized spacial score (nSPS) is 18.8. The van der Waals surface area contributed by atoms with Gasteiger partial charge in [0.05, 0.1) is 0 Å². The summed E-state index contributed by atoms with van der Waals surface area (Å²) >= 11 is 0. The highest BCUT2D eigenvalue weighted by molar-refractivity contribution is 7.89. The van der Waals surface area contributed by atoms with Crippen LogP contribution < -0.4 is 10.0 Å². The monoisotopic (exact) mass is 269 g/mol. The molecule has 1 aliphatic rings. The van der Waals surface area contributed by atoms with Crippen LogP contribution in [0.3, 0.4) is 0 Å². The Balaban J connectivity index is 2.19. The van der Waals surface area contributed by atoms with Gasteiger partial charge < -0.3 is 5.32 Å². The largest absolute Gasteiger partial charge is 0.373 e. The van der Waals surface area contributed by atoms with Gasteiger partial charge in [0.1, 0.15) is 10.7 Å². The highest BCUT2D eigenvalue weighted by Crippen LogP contribution is 2.30. The number of hydrogen-bond acceptors (Lipinski definition) is 4. The first-order chi connectivity index (χ1) is 8.45. The maximum atomic E-state index is 12.2. The Bertz CT molecular complexity index is 505. The van der Waals surface area contributed by atoms with E-state index in [1.807, 2.05) is 6.92 Å². The number of rotatable bonds is 4. The molecule has 0 bridgehead atoms. The third-order valence-corrected chi connectivity index (χ3v) is 5.01. The molecule has 0 radical (unpaired) electrons. The molecular formula is C12H19N3O2S. The number of nitrogens with zero attached hydrogens (tertiary/aromatic N) is 1. The summed E-state index contributed by atoms with van der Waals surface area (Å²) in [4.78, 5) is 4.25. The lowest BCUT2D eigenvalue weighted by Crippen LogP contribution is -2.43. The molecule has 18 heavy (non-hydrogen) atoms. The zero-order valence-corrected chi connectivity index (χ0v) is 11.5. The van der Waals surface area contributed by atoms with E-state index in [4.69, 9.17) is 0 Å². The molecule has 1 heterocycles. The van der Waals surface area contributed by atoms with Crippen molar-refractivity contribution in [2.75, 3.05) is 12.4 Å². The van der Waals surface area contributed by atoms with Gasteiger partial charge in [-0.15, -0.1) is 0 Å². The fourth-order valence-electron chi connectivity index (χ4n) is 2.33. The summed E-state index contributed by atoms with van der Waals surface area (Å²) in [5.41, 5.74) is -0.305. The predicted molar refractivity (Wildman–Crippen MR) is 71.0 cm³/mol. The van der Waals surface area contributed by atoms with E-state index in [9.17, 15) is 8.42 Å². The molecule has 1 aromatic heterocycles. The average molecular weight is 269 g/mol. The zero-order valence-electron chi connectivity index (χ0n) is 10.7. The summed E-state index contributed by atoms with van der Waals surface area (Å²) in [6.45, 7) is 1.97. The molecule has 0 aliphatic heterocycles. The van der Waals surface area contributed by atoms with Gasteiger partial charge in [0.2, 0.25) is 10.0 Å². The maximum Gasteiger partial charge on any atom is 0.242 e. The average Bonchev–Trinajstić information content (AvgIpc) is 2.75. The molecule has 1 saturated carbocycles. The van der Waals surface area contributed by atoms with E-state index in [-0.39, 0.29) is 10.4 Å². The highest BCUT2D eigenvalue weighted by Gasteiger charge is 2.33. The van der Waals surface area contributed by atoms with Crippen molar-refractivity contribution in [1.29, 1.82) is 0 Å². The van der Waals surface area contributed by atoms with Crippen LogP contribution in [0.15, 0.2) is 23.2 Å². The van der Waals surface area contributed by atoms with Gasteiger partial charge >= 0.3 is 0 Å². The summed E-state index contributed by atoms with van der Waals surface area (Å²) in [5.74, 6) is 0.654. The van der Waals surface area contributed by atoms with Crippen molar-refractivity contribution < 1.29 is 8.42 Å². The van der Waals surface area contributed by atoms with Gasteiger partial charge in [0.15, 0.2) is 0 Å². The SMILES string of the molecule is CNc1ccc(S(=O)(=O)NC2(C)CCCC2)cn1. The van der Waals surface area contributed by atoms with Crippen LogP contribution >= 0.6 is 0 Å². The maximum absolute atomic E-state index is 12.2. The minimum atomic E-state index is -3.47. The minimum Gasteiger partial charge on any atom is -0.373 e. The van der Waals surface area contributed by atoms with E-state index in [0.29, 0.717) is 5.82 Å². The van der Waals surface area contributed by atoms with Crippen molar-refractivity contribution >= 4 is 15.8 Å². The number of pyridine rings is 1. The van der Waals surface area contributed by atoms with Crippen molar-refractivity contribution in [1.82, 2.24) is 9.71 Å². The Morgan fingerprint density at radius 1 is 1.28 bits per heavy atom. The van der Waals surface area contributed by atoms with Gasteiger partial charge in [0.25, 0.3) is 0 Å². The Kier molecular flexibility index (Phi) is 3.59. The molecule has 100 valence electrons. The topological polar surface area (TPSA) is 71.1 Å². The Morgan fingerprint density at radius 2 is 1.94 bits per heavy atom. The standard InChI is InChI=1S/C12H19N3O2S/c1-12(7-3-4-8-12)15-18(16,17)10-5-6-11(13-2)14-9-10/h5-6,9,15H,3-4,7-8H2,1-2H3,(H,13,14). The minimum absolute atomic E-state index is 0.217. The first-order valence-electron chi connectivity index (χ1n) is 6.13. The number of sulfonamides is 1. The zero-order chi connectivity index (χ0) is 13.2. The van der Waals surface area contributed by atoms with Crippen LogP contribution in [-0.4, -0.2) is 26.0 Å². The molecule has 5 nitrogen and oxygen atoms in total. The second kappa shape index (κ2) is 4.85. The molecule has 1 aliphatic carbocycles. The Hall–Kier alpha value is -1.14. The molecule has 6 heteroatoms. The van der Waals surface area contributed by atoms with Crippen molar-refractivity contribution in [2.45, 2.75) is 43.0 Å². The molecule has 2 N–H and O–H groups in total. The lowest BCUT2D eigenvalue weighted by atomic mass is 10.0. The first kappa shape index (κ1) is 13.3. The van der Waals surface area contributed by atoms with Crippen molar-refractivity contribution in [3.05, 3.63) is 18.3 Å². The number of aromatic nitrogens is 1. The van der Waals surface area contributed by atoms with Gasteiger partial charge in [-0.2, -0.15) is 0 Å². The summed E-state index contributed by atoms with van der Waals surface area (Å²) in [7, 11) is -1.72. The van der Waals surface area contributed by atoms with Crippen LogP contribution in [0.4, 0.5) is 5.82 Å². The van der Waals surface area contributed by atoms with E-state index in [0.717, 1.165) is 25.7 Å². The van der Waals surface area contributed by atoms with Crippen LogP contribution in [0.2, 0.25) is 0 Å². The van der Waals surface area contributed by atoms with Gasteiger partial charge in [-0.1, -0.05) is 12.8 Å². The second-order valence-corrected chi connectivity index (χ2v) is 6.68. The van der Waals surface area contributed by atoms with Crippen molar-refractivity contribution in [2.24, 2.45) is 0 Å². The van der Waals surface area contributed by atoms with E-state index >= 15 is 0 Å². The number of nitrogens with one attached hydrogen (secondary N) is 2. The molecule has 2 rings (SSSR count). The molecule has 0 unspecified atom stereocenters. The second-order valence-electron chi connectivity index (χ2n) is 5.00. The fraction of sp³-hybridized carbons (Fsp3) is 0.583. The van der Waals surface area contributed by atoms with Crippen LogP contribution in [0.25, 0.3) is 0 Å². The van der Waals surface area contributed by atoms with Gasteiger partial charge in [-0.25, -0.2) is 18.1 Å². The molecule has 1 fully saturated rings. The Labute approximate surface area is 108 Å². The van der Waals surface area contributed by atoms with E-state index < -0.39 is 10.0 Å². The van der Waals surface area contributed by atoms with Crippen LogP contribution in [0, 0.1) is 0 Å². The molecule has 0 aromatic carbocycles. The number of hydrogen-bond donors (Lipinski definition) is 2. The van der Waals surface area contributed by atoms with Gasteiger partial charge in [-0.05, 0) is 31.9 Å². The summed E-state index contributed by atoms with van der Waals surface area (Å²) < 4.78 is 27.2. The van der Waals surface area contributed by atoms with Crippen LogP contribution in [-0.2, 0) is 10.0 Å². The van der Waals surface area contributed by atoms with Gasteiger partial charge in [-0.3, -0.25) is 0 Å². The van der Waals surface area contributed by atoms with Gasteiger partial charge in [0, 0.05) is 18.8 Å².